The SMILES string of the molecule is Cc1nc2c3c(nn2c(C)c1Cl)CN(C(=O)c1ccccc1OCC1CCCOC1)C3. The number of benzene rings is 1. The molecule has 0 spiro atoms. The number of hydrogen-bond acceptors (Lipinski definition) is 5. The summed E-state index contributed by atoms with van der Waals surface area (Å²) in [6, 6.07) is 7.45. The maximum atomic E-state index is 13.4. The van der Waals surface area contributed by atoms with Gasteiger partial charge in [0.15, 0.2) is 5.65 Å². The second-order valence-corrected chi connectivity index (χ2v) is 8.69. The van der Waals surface area contributed by atoms with E-state index in [1.54, 1.807) is 9.42 Å². The van der Waals surface area contributed by atoms with Crippen LogP contribution >= 0.6 is 11.6 Å². The van der Waals surface area contributed by atoms with Crippen molar-refractivity contribution in [2.24, 2.45) is 5.92 Å². The zero-order valence-electron chi connectivity index (χ0n) is 17.7. The quantitative estimate of drug-likeness (QED) is 0.614. The summed E-state index contributed by atoms with van der Waals surface area (Å²) in [6.45, 7) is 6.83. The maximum Gasteiger partial charge on any atom is 0.258 e. The van der Waals surface area contributed by atoms with Gasteiger partial charge in [0.1, 0.15) is 5.75 Å². The molecule has 162 valence electrons. The van der Waals surface area contributed by atoms with Gasteiger partial charge in [-0.3, -0.25) is 4.79 Å². The highest BCUT2D eigenvalue weighted by atomic mass is 35.5. The molecule has 1 aromatic carbocycles. The summed E-state index contributed by atoms with van der Waals surface area (Å²) in [5.41, 5.74) is 4.82. The normalized spacial score (nSPS) is 18.4. The Morgan fingerprint density at radius 3 is 2.94 bits per heavy atom. The zero-order chi connectivity index (χ0) is 21.5. The number of aryl methyl sites for hydroxylation is 2. The molecule has 2 aliphatic rings. The van der Waals surface area contributed by atoms with E-state index in [0.717, 1.165) is 47.7 Å². The Morgan fingerprint density at radius 1 is 1.29 bits per heavy atom. The van der Waals surface area contributed by atoms with Crippen molar-refractivity contribution >= 4 is 23.2 Å². The lowest BCUT2D eigenvalue weighted by Gasteiger charge is -2.23. The molecule has 0 radical (unpaired) electrons. The fraction of sp³-hybridized carbons (Fsp3) is 0.435. The fourth-order valence-corrected chi connectivity index (χ4v) is 4.47. The lowest BCUT2D eigenvalue weighted by atomic mass is 10.0. The van der Waals surface area contributed by atoms with Crippen LogP contribution in [0.2, 0.25) is 5.02 Å². The molecule has 5 rings (SSSR count). The van der Waals surface area contributed by atoms with Gasteiger partial charge in [-0.15, -0.1) is 0 Å². The summed E-state index contributed by atoms with van der Waals surface area (Å²) in [4.78, 5) is 19.8. The van der Waals surface area contributed by atoms with E-state index in [0.29, 0.717) is 48.6 Å². The van der Waals surface area contributed by atoms with Gasteiger partial charge in [0.25, 0.3) is 5.91 Å². The van der Waals surface area contributed by atoms with Gasteiger partial charge in [0.05, 0.1) is 54.0 Å². The molecular weight excluding hydrogens is 416 g/mol. The molecule has 1 atom stereocenters. The van der Waals surface area contributed by atoms with Crippen molar-refractivity contribution in [3.8, 4) is 5.75 Å². The Labute approximate surface area is 185 Å². The third-order valence-electron chi connectivity index (χ3n) is 6.09. The molecule has 1 fully saturated rings. The highest BCUT2D eigenvalue weighted by Crippen LogP contribution is 2.31. The topological polar surface area (TPSA) is 69.0 Å². The minimum Gasteiger partial charge on any atom is -0.492 e. The number of amides is 1. The van der Waals surface area contributed by atoms with Crippen molar-refractivity contribution in [1.29, 1.82) is 0 Å². The summed E-state index contributed by atoms with van der Waals surface area (Å²) in [7, 11) is 0. The number of para-hydroxylation sites is 1. The number of carbonyl (C=O) groups excluding carboxylic acids is 1. The first-order valence-corrected chi connectivity index (χ1v) is 11.0. The first-order valence-electron chi connectivity index (χ1n) is 10.6. The van der Waals surface area contributed by atoms with E-state index in [-0.39, 0.29) is 5.91 Å². The van der Waals surface area contributed by atoms with Crippen LogP contribution in [0.1, 0.15) is 45.8 Å². The van der Waals surface area contributed by atoms with E-state index in [4.69, 9.17) is 21.1 Å². The van der Waals surface area contributed by atoms with Gasteiger partial charge in [-0.05, 0) is 38.8 Å². The van der Waals surface area contributed by atoms with E-state index in [2.05, 4.69) is 10.1 Å². The molecule has 0 saturated carbocycles. The molecule has 0 aliphatic carbocycles. The van der Waals surface area contributed by atoms with Crippen LogP contribution in [0, 0.1) is 19.8 Å². The van der Waals surface area contributed by atoms with Gasteiger partial charge in [0.2, 0.25) is 0 Å². The highest BCUT2D eigenvalue weighted by molar-refractivity contribution is 6.31. The first-order chi connectivity index (χ1) is 15.0. The predicted octanol–water partition coefficient (Wildman–Crippen LogP) is 3.96. The van der Waals surface area contributed by atoms with Crippen LogP contribution in [0.5, 0.6) is 5.75 Å². The van der Waals surface area contributed by atoms with Crippen molar-refractivity contribution in [1.82, 2.24) is 19.5 Å². The van der Waals surface area contributed by atoms with Gasteiger partial charge in [-0.1, -0.05) is 23.7 Å². The lowest BCUT2D eigenvalue weighted by molar-refractivity contribution is 0.0349. The predicted molar refractivity (Wildman–Crippen MR) is 117 cm³/mol. The third kappa shape index (κ3) is 3.66. The Bertz CT molecular complexity index is 1150. The van der Waals surface area contributed by atoms with Crippen LogP contribution in [0.25, 0.3) is 5.65 Å². The van der Waals surface area contributed by atoms with Crippen LogP contribution in [0.4, 0.5) is 0 Å². The van der Waals surface area contributed by atoms with Gasteiger partial charge in [-0.25, -0.2) is 9.50 Å². The maximum absolute atomic E-state index is 13.4. The number of rotatable bonds is 4. The molecule has 4 heterocycles. The summed E-state index contributed by atoms with van der Waals surface area (Å²) in [6.07, 6.45) is 2.15. The van der Waals surface area contributed by atoms with E-state index < -0.39 is 0 Å². The molecule has 1 saturated heterocycles. The molecule has 1 amide bonds. The average Bonchev–Trinajstić information content (AvgIpc) is 3.36. The molecule has 3 aromatic rings. The molecule has 2 aromatic heterocycles. The Hall–Kier alpha value is -2.64. The highest BCUT2D eigenvalue weighted by Gasteiger charge is 2.31. The smallest absolute Gasteiger partial charge is 0.258 e. The number of hydrogen-bond donors (Lipinski definition) is 0. The Morgan fingerprint density at radius 2 is 2.13 bits per heavy atom. The fourth-order valence-electron chi connectivity index (χ4n) is 4.34. The second kappa shape index (κ2) is 8.13. The summed E-state index contributed by atoms with van der Waals surface area (Å²) in [5.74, 6) is 0.924. The summed E-state index contributed by atoms with van der Waals surface area (Å²) < 4.78 is 13.4. The van der Waals surface area contributed by atoms with Gasteiger partial charge >= 0.3 is 0 Å². The van der Waals surface area contributed by atoms with Gasteiger partial charge < -0.3 is 14.4 Å². The van der Waals surface area contributed by atoms with Crippen molar-refractivity contribution in [2.75, 3.05) is 19.8 Å². The van der Waals surface area contributed by atoms with Crippen molar-refractivity contribution < 1.29 is 14.3 Å². The van der Waals surface area contributed by atoms with E-state index in [1.165, 1.54) is 0 Å². The molecule has 7 nitrogen and oxygen atoms in total. The summed E-state index contributed by atoms with van der Waals surface area (Å²) >= 11 is 6.33. The molecule has 31 heavy (non-hydrogen) atoms. The third-order valence-corrected chi connectivity index (χ3v) is 6.64. The van der Waals surface area contributed by atoms with Crippen LogP contribution in [0.3, 0.4) is 0 Å². The Kier molecular flexibility index (Phi) is 5.32. The van der Waals surface area contributed by atoms with Crippen molar-refractivity contribution in [3.63, 3.8) is 0 Å². The molecule has 0 bridgehead atoms. The molecule has 1 unspecified atom stereocenters. The van der Waals surface area contributed by atoms with Crippen LogP contribution in [0.15, 0.2) is 24.3 Å². The van der Waals surface area contributed by atoms with Crippen LogP contribution in [-0.4, -0.2) is 45.2 Å². The Balaban J connectivity index is 1.36. The lowest BCUT2D eigenvalue weighted by Crippen LogP contribution is -2.27. The number of nitrogens with zero attached hydrogens (tertiary/aromatic N) is 4. The van der Waals surface area contributed by atoms with E-state index >= 15 is 0 Å². The number of halogens is 1. The molecule has 0 N–H and O–H groups in total. The van der Waals surface area contributed by atoms with Crippen molar-refractivity contribution in [2.45, 2.75) is 39.8 Å². The minimum atomic E-state index is -0.0611. The van der Waals surface area contributed by atoms with Crippen LogP contribution < -0.4 is 4.74 Å². The van der Waals surface area contributed by atoms with Crippen molar-refractivity contribution in [3.05, 3.63) is 57.5 Å². The van der Waals surface area contributed by atoms with Gasteiger partial charge in [0, 0.05) is 18.1 Å². The van der Waals surface area contributed by atoms with E-state index in [1.807, 2.05) is 38.1 Å². The number of carbonyl (C=O) groups is 1. The second-order valence-electron chi connectivity index (χ2n) is 8.31. The molecule has 2 aliphatic heterocycles. The standard InChI is InChI=1S/C23H25ClN4O3/c1-14-21(24)15(2)28-22(25-14)18-10-27(11-19(18)26-28)23(29)17-7-3-4-8-20(17)31-13-16-6-5-9-30-12-16/h3-4,7-8,16H,5-6,9-13H2,1-2H3. The largest absolute Gasteiger partial charge is 0.492 e. The van der Waals surface area contributed by atoms with E-state index in [9.17, 15) is 4.79 Å². The van der Waals surface area contributed by atoms with Crippen LogP contribution in [-0.2, 0) is 17.8 Å². The minimum absolute atomic E-state index is 0.0611. The molecule has 8 heteroatoms. The zero-order valence-corrected chi connectivity index (χ0v) is 18.5. The van der Waals surface area contributed by atoms with Gasteiger partial charge in [-0.2, -0.15) is 5.10 Å². The monoisotopic (exact) mass is 440 g/mol. The number of fused-ring (bicyclic) bond motifs is 3. The average molecular weight is 441 g/mol. The first kappa shape index (κ1) is 20.3. The molecular formula is C23H25ClN4O3. The number of aromatic nitrogens is 3. The number of ether oxygens (including phenoxy) is 2. The summed E-state index contributed by atoms with van der Waals surface area (Å²) in [5, 5.41) is 5.29.